The van der Waals surface area contributed by atoms with Crippen molar-refractivity contribution in [1.29, 1.82) is 0 Å². The van der Waals surface area contributed by atoms with Crippen LogP contribution >= 0.6 is 11.3 Å². The predicted octanol–water partition coefficient (Wildman–Crippen LogP) is 3.67. The number of carbonyl (C=O) groups excluding carboxylic acids is 1. The number of fused-ring (bicyclic) bond motifs is 1. The van der Waals surface area contributed by atoms with E-state index in [4.69, 9.17) is 0 Å². The standard InChI is InChI=1S/C21H20F2N10OS/c1-3-4-13(18-25-10-26-28-18)27-21(34)12-7-14(33-20(17(22)23)29-30-31-33)19-24-8-15(32(19)9-12)16-6-5-11(2)35-16/h5-10,13,17H,3-4H2,1-2H3,(H,27,34)(H,25,26,28). The van der Waals surface area contributed by atoms with E-state index < -0.39 is 24.2 Å². The van der Waals surface area contributed by atoms with E-state index in [9.17, 15) is 13.6 Å². The van der Waals surface area contributed by atoms with E-state index in [2.05, 4.69) is 41.0 Å². The number of aromatic amines is 1. The van der Waals surface area contributed by atoms with Gasteiger partial charge >= 0.3 is 0 Å². The fraction of sp³-hybridized carbons (Fsp3) is 0.286. The van der Waals surface area contributed by atoms with Crippen LogP contribution in [0.2, 0.25) is 0 Å². The molecule has 0 aliphatic heterocycles. The first-order chi connectivity index (χ1) is 17.0. The molecule has 0 saturated carbocycles. The number of nitrogens with zero attached hydrogens (tertiary/aromatic N) is 8. The fourth-order valence-electron chi connectivity index (χ4n) is 3.80. The third-order valence-corrected chi connectivity index (χ3v) is 6.43. The SMILES string of the molecule is CCCC(NC(=O)c1cc(-n2nnnc2C(F)F)c2ncc(-c3ccc(C)s3)n2c1)c1ncn[nH]1. The number of hydrogen-bond acceptors (Lipinski definition) is 8. The third kappa shape index (κ3) is 4.27. The number of aryl methyl sites for hydroxylation is 1. The Hall–Kier alpha value is -4.07. The topological polar surface area (TPSA) is 132 Å². The number of alkyl halides is 2. The zero-order valence-corrected chi connectivity index (χ0v) is 19.5. The van der Waals surface area contributed by atoms with Gasteiger partial charge in [-0.05, 0) is 42.0 Å². The van der Waals surface area contributed by atoms with Gasteiger partial charge in [0, 0.05) is 11.1 Å². The molecule has 2 N–H and O–H groups in total. The van der Waals surface area contributed by atoms with Crippen LogP contribution in [0, 0.1) is 6.92 Å². The van der Waals surface area contributed by atoms with E-state index >= 15 is 0 Å². The molecule has 5 rings (SSSR count). The number of rotatable bonds is 8. The number of amides is 1. The van der Waals surface area contributed by atoms with Gasteiger partial charge in [-0.2, -0.15) is 9.78 Å². The minimum absolute atomic E-state index is 0.157. The quantitative estimate of drug-likeness (QED) is 0.334. The number of H-pyrrole nitrogens is 1. The number of imidazole rings is 1. The summed E-state index contributed by atoms with van der Waals surface area (Å²) in [7, 11) is 0. The van der Waals surface area contributed by atoms with Crippen LogP contribution in [0.5, 0.6) is 0 Å². The molecule has 0 bridgehead atoms. The van der Waals surface area contributed by atoms with Gasteiger partial charge in [0.25, 0.3) is 12.3 Å². The highest BCUT2D eigenvalue weighted by molar-refractivity contribution is 7.15. The smallest absolute Gasteiger partial charge is 0.299 e. The number of nitrogens with one attached hydrogen (secondary N) is 2. The second kappa shape index (κ2) is 9.29. The summed E-state index contributed by atoms with van der Waals surface area (Å²) < 4.78 is 29.8. The van der Waals surface area contributed by atoms with Crippen LogP contribution in [0.4, 0.5) is 8.78 Å². The van der Waals surface area contributed by atoms with Crippen LogP contribution in [0.1, 0.15) is 59.1 Å². The Balaban J connectivity index is 1.64. The predicted molar refractivity (Wildman–Crippen MR) is 122 cm³/mol. The second-order valence-electron chi connectivity index (χ2n) is 7.80. The van der Waals surface area contributed by atoms with E-state index in [0.29, 0.717) is 23.6 Å². The van der Waals surface area contributed by atoms with E-state index in [0.717, 1.165) is 20.9 Å². The molecule has 0 aromatic carbocycles. The molecular weight excluding hydrogens is 478 g/mol. The van der Waals surface area contributed by atoms with Crippen LogP contribution in [0.25, 0.3) is 21.9 Å². The minimum Gasteiger partial charge on any atom is -0.342 e. The lowest BCUT2D eigenvalue weighted by Gasteiger charge is -2.16. The van der Waals surface area contributed by atoms with Gasteiger partial charge in [-0.1, -0.05) is 13.3 Å². The summed E-state index contributed by atoms with van der Waals surface area (Å²) in [6.07, 6.45) is 3.13. The van der Waals surface area contributed by atoms with Gasteiger partial charge in [0.05, 0.1) is 28.4 Å². The van der Waals surface area contributed by atoms with Crippen LogP contribution in [0.15, 0.2) is 36.9 Å². The van der Waals surface area contributed by atoms with Gasteiger partial charge in [-0.15, -0.1) is 16.4 Å². The molecular formula is C21H20F2N10OS. The highest BCUT2D eigenvalue weighted by Gasteiger charge is 2.24. The lowest BCUT2D eigenvalue weighted by Crippen LogP contribution is -2.29. The van der Waals surface area contributed by atoms with Crippen molar-refractivity contribution in [2.45, 2.75) is 39.2 Å². The summed E-state index contributed by atoms with van der Waals surface area (Å²) in [6.45, 7) is 3.97. The van der Waals surface area contributed by atoms with Gasteiger partial charge in [0.15, 0.2) is 5.65 Å². The number of halogens is 2. The number of aromatic nitrogens is 9. The minimum atomic E-state index is -2.92. The van der Waals surface area contributed by atoms with Crippen molar-refractivity contribution < 1.29 is 13.6 Å². The number of carbonyl (C=O) groups is 1. The normalized spacial score (nSPS) is 12.5. The molecule has 180 valence electrons. The van der Waals surface area contributed by atoms with Crippen molar-refractivity contribution in [3.8, 4) is 16.3 Å². The Labute approximate surface area is 201 Å². The third-order valence-electron chi connectivity index (χ3n) is 5.40. The Morgan fingerprint density at radius 3 is 2.83 bits per heavy atom. The molecule has 0 fully saturated rings. The molecule has 5 aromatic heterocycles. The summed E-state index contributed by atoms with van der Waals surface area (Å²) in [4.78, 5) is 24.0. The number of hydrogen-bond donors (Lipinski definition) is 2. The molecule has 0 radical (unpaired) electrons. The first kappa shape index (κ1) is 22.7. The molecule has 5 heterocycles. The summed E-state index contributed by atoms with van der Waals surface area (Å²) in [5, 5.41) is 20.2. The Morgan fingerprint density at radius 2 is 2.14 bits per heavy atom. The van der Waals surface area contributed by atoms with Crippen LogP contribution in [-0.4, -0.2) is 50.7 Å². The van der Waals surface area contributed by atoms with Crippen molar-refractivity contribution in [3.63, 3.8) is 0 Å². The highest BCUT2D eigenvalue weighted by Crippen LogP contribution is 2.31. The average molecular weight is 499 g/mol. The molecule has 14 heteroatoms. The first-order valence-corrected chi connectivity index (χ1v) is 11.6. The van der Waals surface area contributed by atoms with E-state index in [1.54, 1.807) is 28.1 Å². The van der Waals surface area contributed by atoms with E-state index in [1.807, 2.05) is 26.0 Å². The summed E-state index contributed by atoms with van der Waals surface area (Å²) in [5.74, 6) is -0.539. The fourth-order valence-corrected chi connectivity index (χ4v) is 4.67. The zero-order chi connectivity index (χ0) is 24.5. The molecule has 1 atom stereocenters. The Kier molecular flexibility index (Phi) is 6.03. The number of tetrazole rings is 1. The highest BCUT2D eigenvalue weighted by atomic mass is 32.1. The van der Waals surface area contributed by atoms with Crippen LogP contribution < -0.4 is 5.32 Å². The van der Waals surface area contributed by atoms with Gasteiger partial charge in [0.1, 0.15) is 17.8 Å². The molecule has 0 spiro atoms. The number of thiophene rings is 1. The first-order valence-electron chi connectivity index (χ1n) is 10.8. The van der Waals surface area contributed by atoms with Crippen LogP contribution in [-0.2, 0) is 0 Å². The second-order valence-corrected chi connectivity index (χ2v) is 9.08. The molecule has 1 amide bonds. The Bertz CT molecular complexity index is 1470. The van der Waals surface area contributed by atoms with E-state index in [1.165, 1.54) is 12.4 Å². The molecule has 11 nitrogen and oxygen atoms in total. The molecule has 0 aliphatic carbocycles. The Morgan fingerprint density at radius 1 is 1.29 bits per heavy atom. The maximum atomic E-state index is 13.6. The van der Waals surface area contributed by atoms with Crippen molar-refractivity contribution in [2.75, 3.05) is 0 Å². The average Bonchev–Trinajstić information content (AvgIpc) is 3.64. The molecule has 0 aliphatic rings. The van der Waals surface area contributed by atoms with Gasteiger partial charge < -0.3 is 5.32 Å². The molecule has 5 aromatic rings. The van der Waals surface area contributed by atoms with Crippen molar-refractivity contribution in [1.82, 2.24) is 50.1 Å². The number of pyridine rings is 1. The summed E-state index contributed by atoms with van der Waals surface area (Å²) in [6, 6.07) is 4.96. The van der Waals surface area contributed by atoms with Gasteiger partial charge in [0.2, 0.25) is 5.82 Å². The zero-order valence-electron chi connectivity index (χ0n) is 18.7. The molecule has 0 saturated heterocycles. The lowest BCUT2D eigenvalue weighted by molar-refractivity contribution is 0.0932. The van der Waals surface area contributed by atoms with Crippen molar-refractivity contribution in [3.05, 3.63) is 59.0 Å². The maximum Gasteiger partial charge on any atom is 0.299 e. The summed E-state index contributed by atoms with van der Waals surface area (Å²) in [5.41, 5.74) is 1.42. The molecule has 1 unspecified atom stereocenters. The van der Waals surface area contributed by atoms with Crippen LogP contribution in [0.3, 0.4) is 0 Å². The largest absolute Gasteiger partial charge is 0.342 e. The summed E-state index contributed by atoms with van der Waals surface area (Å²) >= 11 is 1.55. The van der Waals surface area contributed by atoms with E-state index in [-0.39, 0.29) is 11.3 Å². The van der Waals surface area contributed by atoms with Crippen molar-refractivity contribution >= 4 is 22.9 Å². The van der Waals surface area contributed by atoms with Crippen molar-refractivity contribution in [2.24, 2.45) is 0 Å². The maximum absolute atomic E-state index is 13.6. The van der Waals surface area contributed by atoms with Gasteiger partial charge in [-0.3, -0.25) is 14.3 Å². The monoisotopic (exact) mass is 498 g/mol. The van der Waals surface area contributed by atoms with Gasteiger partial charge in [-0.25, -0.2) is 18.7 Å². The molecule has 35 heavy (non-hydrogen) atoms. The lowest BCUT2D eigenvalue weighted by atomic mass is 10.1.